The van der Waals surface area contributed by atoms with Gasteiger partial charge in [0.05, 0.1) is 52.4 Å². The van der Waals surface area contributed by atoms with Crippen LogP contribution in [0.2, 0.25) is 0 Å². The lowest BCUT2D eigenvalue weighted by atomic mass is 10.3. The van der Waals surface area contributed by atoms with Crippen LogP contribution < -0.4 is 10.0 Å². The second-order valence-electron chi connectivity index (χ2n) is 7.57. The van der Waals surface area contributed by atoms with Crippen LogP contribution in [0.5, 0.6) is 0 Å². The van der Waals surface area contributed by atoms with Gasteiger partial charge in [0.2, 0.25) is 0 Å². The minimum absolute atomic E-state index is 1.50. The second-order valence-corrected chi connectivity index (χ2v) is 7.57. The zero-order valence-electron chi connectivity index (χ0n) is 14.0. The van der Waals surface area contributed by atoms with Crippen molar-refractivity contribution in [1.29, 1.82) is 0 Å². The molecule has 0 aromatic carbocycles. The lowest BCUT2D eigenvalue weighted by molar-refractivity contribution is -0.904. The highest BCUT2D eigenvalue weighted by molar-refractivity contribution is 6.27. The molecule has 4 fully saturated rings. The van der Waals surface area contributed by atoms with Gasteiger partial charge in [-0.25, -0.2) is 0 Å². The van der Waals surface area contributed by atoms with Gasteiger partial charge in [-0.15, -0.1) is 0 Å². The Morgan fingerprint density at radius 2 is 0.636 bits per heavy atom. The average Bonchev–Trinajstić information content (AvgIpc) is 3.26. The van der Waals surface area contributed by atoms with Gasteiger partial charge in [-0.1, -0.05) is 0 Å². The molecule has 4 nitrogen and oxygen atoms in total. The fourth-order valence-corrected chi connectivity index (χ4v) is 4.92. The summed E-state index contributed by atoms with van der Waals surface area (Å²) in [6, 6.07) is 0. The van der Waals surface area contributed by atoms with Gasteiger partial charge in [0.25, 0.3) is 0 Å². The first-order valence-electron chi connectivity index (χ1n) is 9.22. The van der Waals surface area contributed by atoms with E-state index < -0.39 is 7.40 Å². The molecule has 0 bridgehead atoms. The van der Waals surface area contributed by atoms with Gasteiger partial charge in [0.1, 0.15) is 7.40 Å². The smallest absolute Gasteiger partial charge is 0.121 e. The molecule has 0 N–H and O–H groups in total. The Balaban J connectivity index is 0.000000131. The molecule has 4 rings (SSSR count). The predicted molar refractivity (Wildman–Crippen MR) is 83.3 cm³/mol. The van der Waals surface area contributed by atoms with Gasteiger partial charge >= 0.3 is 0 Å². The first-order valence-corrected chi connectivity index (χ1v) is 9.22. The lowest BCUT2D eigenvalue weighted by Crippen LogP contribution is -2.41. The van der Waals surface area contributed by atoms with Crippen LogP contribution in [-0.2, 0) is 0 Å². The summed E-state index contributed by atoms with van der Waals surface area (Å²) in [6.07, 6.45) is 12.0. The van der Waals surface area contributed by atoms with Crippen LogP contribution in [0.25, 0.3) is 0 Å². The van der Waals surface area contributed by atoms with E-state index in [9.17, 15) is 4.32 Å². The van der Waals surface area contributed by atoms with Gasteiger partial charge in [-0.3, -0.25) is 0 Å². The molecule has 2 spiro atoms. The summed E-state index contributed by atoms with van der Waals surface area (Å²) < 4.78 is 12.9. The van der Waals surface area contributed by atoms with E-state index in [0.717, 1.165) is 0 Å². The molecule has 0 saturated carbocycles. The summed E-state index contributed by atoms with van der Waals surface area (Å²) in [5, 5.41) is 16.6. The summed E-state index contributed by atoms with van der Waals surface area (Å²) in [5.74, 6) is 0. The van der Waals surface area contributed by atoms with E-state index in [2.05, 4.69) is 0 Å². The van der Waals surface area contributed by atoms with Crippen molar-refractivity contribution >= 4 is 7.40 Å². The van der Waals surface area contributed by atoms with Crippen molar-refractivity contribution in [2.75, 3.05) is 52.4 Å². The molecule has 4 aliphatic rings. The van der Waals surface area contributed by atoms with E-state index in [1.165, 1.54) is 113 Å². The van der Waals surface area contributed by atoms with Crippen molar-refractivity contribution in [3.63, 3.8) is 0 Å². The standard InChI is InChI=1S/2C8H16N.BFO2/c2*1-2-6-9(5-1)7-3-4-8-9;2-1(3)4/h2*1-8H2;/q2*+1;-2. The molecule has 128 valence electrons. The number of quaternary nitrogens is 2. The van der Waals surface area contributed by atoms with E-state index in [-0.39, 0.29) is 0 Å². The molecule has 4 aliphatic heterocycles. The maximum atomic E-state index is 9.89. The third-order valence-electron chi connectivity index (χ3n) is 6.06. The summed E-state index contributed by atoms with van der Waals surface area (Å²) in [7, 11) is -3.17. The van der Waals surface area contributed by atoms with Crippen LogP contribution in [0.15, 0.2) is 0 Å². The Kier molecular flexibility index (Phi) is 7.12. The van der Waals surface area contributed by atoms with Gasteiger partial charge in [-0.05, 0) is 0 Å². The van der Waals surface area contributed by atoms with Gasteiger partial charge in [0, 0.05) is 51.4 Å². The highest BCUT2D eigenvalue weighted by atomic mass is 19.1. The van der Waals surface area contributed by atoms with Crippen molar-refractivity contribution in [3.8, 4) is 0 Å². The summed E-state index contributed by atoms with van der Waals surface area (Å²) in [4.78, 5) is 0. The number of hydrogen-bond donors (Lipinski definition) is 0. The molecule has 22 heavy (non-hydrogen) atoms. The number of hydrogen-bond acceptors (Lipinski definition) is 2. The van der Waals surface area contributed by atoms with Crippen LogP contribution in [-0.4, -0.2) is 68.7 Å². The van der Waals surface area contributed by atoms with Gasteiger partial charge in [0.15, 0.2) is 0 Å². The predicted octanol–water partition coefficient (Wildman–Crippen LogP) is 0.443. The largest absolute Gasteiger partial charge is 0.867 e. The number of rotatable bonds is 0. The molecule has 4 saturated heterocycles. The van der Waals surface area contributed by atoms with Crippen molar-refractivity contribution in [2.24, 2.45) is 0 Å². The molecule has 0 radical (unpaired) electrons. The first-order chi connectivity index (χ1) is 10.6. The first kappa shape index (κ1) is 18.2. The zero-order valence-corrected chi connectivity index (χ0v) is 14.0. The highest BCUT2D eigenvalue weighted by Crippen LogP contribution is 2.26. The molecule has 0 atom stereocenters. The zero-order chi connectivity index (χ0) is 15.9. The maximum absolute atomic E-state index is 9.89. The molecule has 0 aromatic heterocycles. The van der Waals surface area contributed by atoms with Crippen LogP contribution in [0.4, 0.5) is 4.32 Å². The monoisotopic (exact) mass is 314 g/mol. The Morgan fingerprint density at radius 1 is 0.500 bits per heavy atom. The molecule has 6 heteroatoms. The van der Waals surface area contributed by atoms with Gasteiger partial charge < -0.3 is 23.3 Å². The Morgan fingerprint density at radius 3 is 0.773 bits per heavy atom. The Hall–Kier alpha value is -0.165. The third-order valence-corrected chi connectivity index (χ3v) is 6.06. The van der Waals surface area contributed by atoms with Crippen molar-refractivity contribution in [2.45, 2.75) is 51.4 Å². The van der Waals surface area contributed by atoms with E-state index >= 15 is 0 Å². The summed E-state index contributed by atoms with van der Waals surface area (Å²) >= 11 is 0. The summed E-state index contributed by atoms with van der Waals surface area (Å²) in [5.41, 5.74) is 0. The number of nitrogens with zero attached hydrogens (tertiary/aromatic N) is 2. The molecule has 4 heterocycles. The van der Waals surface area contributed by atoms with E-state index in [1.54, 1.807) is 0 Å². The second kappa shape index (κ2) is 8.62. The minimum Gasteiger partial charge on any atom is -0.867 e. The lowest BCUT2D eigenvalue weighted by Gasteiger charge is -2.27. The van der Waals surface area contributed by atoms with Crippen LogP contribution >= 0.6 is 0 Å². The van der Waals surface area contributed by atoms with E-state index in [1.807, 2.05) is 0 Å². The van der Waals surface area contributed by atoms with Crippen LogP contribution in [0.1, 0.15) is 51.4 Å². The van der Waals surface area contributed by atoms with Crippen molar-refractivity contribution < 1.29 is 23.3 Å². The van der Waals surface area contributed by atoms with Gasteiger partial charge in [-0.2, -0.15) is 0 Å². The average molecular weight is 314 g/mol. The highest BCUT2D eigenvalue weighted by Gasteiger charge is 2.35. The van der Waals surface area contributed by atoms with E-state index in [4.69, 9.17) is 10.0 Å². The van der Waals surface area contributed by atoms with E-state index in [0.29, 0.717) is 0 Å². The van der Waals surface area contributed by atoms with Crippen molar-refractivity contribution in [3.05, 3.63) is 0 Å². The molecule has 0 amide bonds. The molecular formula is C16H32BFN2O2. The number of halogens is 1. The Bertz CT molecular complexity index is 241. The third kappa shape index (κ3) is 5.48. The summed E-state index contributed by atoms with van der Waals surface area (Å²) in [6.45, 7) is 12.0. The topological polar surface area (TPSA) is 46.1 Å². The SMILES string of the molecule is C1CC[N+]2(C1)CCCC2.C1CC[N+]2(C1)CCCC2.[O-]B([O-])F. The van der Waals surface area contributed by atoms with Crippen LogP contribution in [0, 0.1) is 0 Å². The molecular weight excluding hydrogens is 282 g/mol. The Labute approximate surface area is 135 Å². The minimum atomic E-state index is -3.17. The molecule has 0 aromatic rings. The quantitative estimate of drug-likeness (QED) is 0.481. The fraction of sp³-hybridized carbons (Fsp3) is 1.00. The van der Waals surface area contributed by atoms with Crippen LogP contribution in [0.3, 0.4) is 0 Å². The molecule has 0 aliphatic carbocycles. The fourth-order valence-electron chi connectivity index (χ4n) is 4.92. The maximum Gasteiger partial charge on any atom is 0.121 e. The normalized spacial score (nSPS) is 27.4. The van der Waals surface area contributed by atoms with Crippen molar-refractivity contribution in [1.82, 2.24) is 0 Å². The molecule has 0 unspecified atom stereocenters.